The summed E-state index contributed by atoms with van der Waals surface area (Å²) in [5.41, 5.74) is 8.98. The summed E-state index contributed by atoms with van der Waals surface area (Å²) in [5, 5.41) is 0. The van der Waals surface area contributed by atoms with Crippen molar-refractivity contribution in [2.75, 3.05) is 5.73 Å². The zero-order chi connectivity index (χ0) is 12.3. The highest BCUT2D eigenvalue weighted by molar-refractivity contribution is 5.57. The second-order valence-corrected chi connectivity index (χ2v) is 4.20. The summed E-state index contributed by atoms with van der Waals surface area (Å²) in [6.45, 7) is 4.10. The highest BCUT2D eigenvalue weighted by Crippen LogP contribution is 2.18. The molecule has 1 aromatic carbocycles. The highest BCUT2D eigenvalue weighted by Gasteiger charge is 2.03. The molecule has 0 atom stereocenters. The van der Waals surface area contributed by atoms with Crippen LogP contribution in [0.25, 0.3) is 11.4 Å². The molecule has 17 heavy (non-hydrogen) atoms. The van der Waals surface area contributed by atoms with Gasteiger partial charge >= 0.3 is 0 Å². The second kappa shape index (κ2) is 4.95. The molecule has 0 aliphatic rings. The minimum Gasteiger partial charge on any atom is -0.384 e. The van der Waals surface area contributed by atoms with Gasteiger partial charge in [-0.2, -0.15) is 0 Å². The van der Waals surface area contributed by atoms with E-state index in [1.807, 2.05) is 6.92 Å². The van der Waals surface area contributed by atoms with Gasteiger partial charge in [0, 0.05) is 17.3 Å². The van der Waals surface area contributed by atoms with Gasteiger partial charge in [-0.15, -0.1) is 0 Å². The number of rotatable bonds is 3. The van der Waals surface area contributed by atoms with Gasteiger partial charge in [0.1, 0.15) is 5.82 Å². The van der Waals surface area contributed by atoms with Crippen LogP contribution in [0.15, 0.2) is 30.3 Å². The first-order valence-corrected chi connectivity index (χ1v) is 5.89. The monoisotopic (exact) mass is 227 g/mol. The van der Waals surface area contributed by atoms with Gasteiger partial charge in [0.15, 0.2) is 5.82 Å². The van der Waals surface area contributed by atoms with E-state index in [0.717, 1.165) is 24.1 Å². The van der Waals surface area contributed by atoms with E-state index in [2.05, 4.69) is 41.2 Å². The Hall–Kier alpha value is -1.90. The summed E-state index contributed by atoms with van der Waals surface area (Å²) in [5.74, 6) is 1.22. The summed E-state index contributed by atoms with van der Waals surface area (Å²) in [6.07, 6.45) is 2.27. The number of nitrogens with zero attached hydrogens (tertiary/aromatic N) is 2. The summed E-state index contributed by atoms with van der Waals surface area (Å²) in [7, 11) is 0. The molecule has 2 N–H and O–H groups in total. The van der Waals surface area contributed by atoms with E-state index in [1.165, 1.54) is 5.56 Å². The molecule has 0 bridgehead atoms. The molecule has 1 aromatic heterocycles. The number of anilines is 1. The molecule has 0 fully saturated rings. The van der Waals surface area contributed by atoms with E-state index in [0.29, 0.717) is 11.6 Å². The first kappa shape index (κ1) is 11.6. The average molecular weight is 227 g/mol. The normalized spacial score (nSPS) is 10.5. The van der Waals surface area contributed by atoms with Crippen LogP contribution in [0.1, 0.15) is 24.6 Å². The maximum Gasteiger partial charge on any atom is 0.161 e. The Bertz CT molecular complexity index is 483. The van der Waals surface area contributed by atoms with E-state index in [1.54, 1.807) is 6.07 Å². The molecule has 0 saturated heterocycles. The van der Waals surface area contributed by atoms with Crippen molar-refractivity contribution in [2.24, 2.45) is 0 Å². The second-order valence-electron chi connectivity index (χ2n) is 4.20. The summed E-state index contributed by atoms with van der Waals surface area (Å²) >= 11 is 0. The quantitative estimate of drug-likeness (QED) is 0.877. The number of benzene rings is 1. The zero-order valence-electron chi connectivity index (χ0n) is 10.3. The summed E-state index contributed by atoms with van der Waals surface area (Å²) in [6, 6.07) is 10.1. The SMILES string of the molecule is CCCc1ccc(-c2nc(C)cc(N)n2)cc1. The first-order chi connectivity index (χ1) is 8.19. The highest BCUT2D eigenvalue weighted by atomic mass is 14.9. The van der Waals surface area contributed by atoms with Crippen molar-refractivity contribution in [1.82, 2.24) is 9.97 Å². The van der Waals surface area contributed by atoms with Crippen LogP contribution in [0.5, 0.6) is 0 Å². The fraction of sp³-hybridized carbons (Fsp3) is 0.286. The molecule has 2 rings (SSSR count). The lowest BCUT2D eigenvalue weighted by Gasteiger charge is -2.04. The third kappa shape index (κ3) is 2.81. The van der Waals surface area contributed by atoms with Crippen molar-refractivity contribution in [3.05, 3.63) is 41.6 Å². The maximum atomic E-state index is 5.72. The average Bonchev–Trinajstić information content (AvgIpc) is 2.29. The fourth-order valence-electron chi connectivity index (χ4n) is 1.83. The lowest BCUT2D eigenvalue weighted by atomic mass is 10.1. The predicted molar refractivity (Wildman–Crippen MR) is 70.6 cm³/mol. The van der Waals surface area contributed by atoms with E-state index >= 15 is 0 Å². The zero-order valence-corrected chi connectivity index (χ0v) is 10.3. The number of aromatic nitrogens is 2. The van der Waals surface area contributed by atoms with Crippen LogP contribution in [0.4, 0.5) is 5.82 Å². The Morgan fingerprint density at radius 2 is 1.82 bits per heavy atom. The fourth-order valence-corrected chi connectivity index (χ4v) is 1.83. The minimum atomic E-state index is 0.519. The number of aryl methyl sites for hydroxylation is 2. The van der Waals surface area contributed by atoms with Crippen LogP contribution in [0, 0.1) is 6.92 Å². The van der Waals surface area contributed by atoms with E-state index in [4.69, 9.17) is 5.73 Å². The minimum absolute atomic E-state index is 0.519. The molecule has 0 amide bonds. The van der Waals surface area contributed by atoms with E-state index < -0.39 is 0 Å². The van der Waals surface area contributed by atoms with Gasteiger partial charge in [-0.3, -0.25) is 0 Å². The maximum absolute atomic E-state index is 5.72. The Balaban J connectivity index is 2.32. The van der Waals surface area contributed by atoms with Crippen LogP contribution in [0.3, 0.4) is 0 Å². The topological polar surface area (TPSA) is 51.8 Å². The Morgan fingerprint density at radius 3 is 2.41 bits per heavy atom. The molecular formula is C14H17N3. The number of nitrogen functional groups attached to an aromatic ring is 1. The van der Waals surface area contributed by atoms with Gasteiger partial charge in [0.25, 0.3) is 0 Å². The number of hydrogen-bond donors (Lipinski definition) is 1. The van der Waals surface area contributed by atoms with Crippen molar-refractivity contribution < 1.29 is 0 Å². The largest absolute Gasteiger partial charge is 0.384 e. The molecule has 2 aromatic rings. The summed E-state index contributed by atoms with van der Waals surface area (Å²) < 4.78 is 0. The van der Waals surface area contributed by atoms with Crippen molar-refractivity contribution in [2.45, 2.75) is 26.7 Å². The molecule has 0 unspecified atom stereocenters. The first-order valence-electron chi connectivity index (χ1n) is 5.89. The van der Waals surface area contributed by atoms with Crippen molar-refractivity contribution >= 4 is 5.82 Å². The Labute approximate surface area is 102 Å². The lowest BCUT2D eigenvalue weighted by Crippen LogP contribution is -1.97. The van der Waals surface area contributed by atoms with Gasteiger partial charge in [-0.1, -0.05) is 37.6 Å². The number of hydrogen-bond acceptors (Lipinski definition) is 3. The lowest BCUT2D eigenvalue weighted by molar-refractivity contribution is 0.922. The van der Waals surface area contributed by atoms with Gasteiger partial charge in [0.05, 0.1) is 0 Å². The number of nitrogens with two attached hydrogens (primary N) is 1. The molecule has 0 radical (unpaired) electrons. The van der Waals surface area contributed by atoms with Crippen molar-refractivity contribution in [3.63, 3.8) is 0 Å². The molecule has 3 nitrogen and oxygen atoms in total. The molecule has 3 heteroatoms. The van der Waals surface area contributed by atoms with Gasteiger partial charge in [-0.25, -0.2) is 9.97 Å². The molecule has 0 aliphatic heterocycles. The molecule has 0 aliphatic carbocycles. The molecular weight excluding hydrogens is 210 g/mol. The summed E-state index contributed by atoms with van der Waals surface area (Å²) in [4.78, 5) is 8.64. The van der Waals surface area contributed by atoms with E-state index in [-0.39, 0.29) is 0 Å². The van der Waals surface area contributed by atoms with Crippen LogP contribution in [0.2, 0.25) is 0 Å². The Kier molecular flexibility index (Phi) is 3.38. The molecule has 1 heterocycles. The van der Waals surface area contributed by atoms with Crippen LogP contribution >= 0.6 is 0 Å². The van der Waals surface area contributed by atoms with Crippen LogP contribution in [-0.4, -0.2) is 9.97 Å². The third-order valence-electron chi connectivity index (χ3n) is 2.62. The molecule has 0 saturated carbocycles. The van der Waals surface area contributed by atoms with Gasteiger partial charge < -0.3 is 5.73 Å². The Morgan fingerprint density at radius 1 is 1.12 bits per heavy atom. The van der Waals surface area contributed by atoms with Crippen LogP contribution in [-0.2, 0) is 6.42 Å². The molecule has 88 valence electrons. The van der Waals surface area contributed by atoms with Crippen molar-refractivity contribution in [3.8, 4) is 11.4 Å². The van der Waals surface area contributed by atoms with E-state index in [9.17, 15) is 0 Å². The van der Waals surface area contributed by atoms with Gasteiger partial charge in [-0.05, 0) is 18.9 Å². The smallest absolute Gasteiger partial charge is 0.161 e. The standard InChI is InChI=1S/C14H17N3/c1-3-4-11-5-7-12(8-6-11)14-16-10(2)9-13(15)17-14/h5-9H,3-4H2,1-2H3,(H2,15,16,17). The van der Waals surface area contributed by atoms with Crippen molar-refractivity contribution in [1.29, 1.82) is 0 Å². The molecule has 0 spiro atoms. The third-order valence-corrected chi connectivity index (χ3v) is 2.62. The van der Waals surface area contributed by atoms with Crippen LogP contribution < -0.4 is 5.73 Å². The predicted octanol–water partition coefficient (Wildman–Crippen LogP) is 2.99. The van der Waals surface area contributed by atoms with Gasteiger partial charge in [0.2, 0.25) is 0 Å².